The smallest absolute Gasteiger partial charge is 0.229 e. The molecular weight excluding hydrogens is 350 g/mol. The molecule has 28 heavy (non-hydrogen) atoms. The molecule has 5 heteroatoms. The average Bonchev–Trinajstić information content (AvgIpc) is 3.10. The van der Waals surface area contributed by atoms with Gasteiger partial charge in [0.15, 0.2) is 0 Å². The number of nitrogens with one attached hydrogen (secondary N) is 1. The zero-order valence-corrected chi connectivity index (χ0v) is 15.4. The van der Waals surface area contributed by atoms with E-state index in [2.05, 4.69) is 10.3 Å². The average molecular weight is 371 g/mol. The van der Waals surface area contributed by atoms with Crippen molar-refractivity contribution in [2.24, 2.45) is 5.92 Å². The van der Waals surface area contributed by atoms with E-state index in [1.807, 2.05) is 72.8 Å². The third kappa shape index (κ3) is 3.93. The molecule has 0 spiro atoms. The predicted molar refractivity (Wildman–Crippen MR) is 108 cm³/mol. The lowest BCUT2D eigenvalue weighted by Gasteiger charge is -2.17. The number of pyridine rings is 1. The quantitative estimate of drug-likeness (QED) is 0.743. The summed E-state index contributed by atoms with van der Waals surface area (Å²) in [5, 5.41) is 3.02. The molecule has 1 atom stereocenters. The van der Waals surface area contributed by atoms with Crippen LogP contribution in [0.2, 0.25) is 0 Å². The molecule has 4 rings (SSSR count). The van der Waals surface area contributed by atoms with Crippen molar-refractivity contribution in [2.45, 2.75) is 13.0 Å². The standard InChI is InChI=1S/C23H21N3O2/c27-22-14-18(15-26(22)16-19-10-6-7-13-24-19)23(28)25-21-12-5-4-11-20(21)17-8-2-1-3-9-17/h1-13,18H,14-16H2,(H,25,28)/t18-/m0/s1. The van der Waals surface area contributed by atoms with Crippen molar-refractivity contribution >= 4 is 17.5 Å². The van der Waals surface area contributed by atoms with Gasteiger partial charge in [-0.05, 0) is 23.8 Å². The van der Waals surface area contributed by atoms with Crippen LogP contribution in [0.5, 0.6) is 0 Å². The molecule has 1 aromatic heterocycles. The monoisotopic (exact) mass is 371 g/mol. The summed E-state index contributed by atoms with van der Waals surface area (Å²) < 4.78 is 0. The first-order valence-electron chi connectivity index (χ1n) is 9.34. The molecule has 1 fully saturated rings. The Morgan fingerprint density at radius 1 is 1.00 bits per heavy atom. The van der Waals surface area contributed by atoms with E-state index in [-0.39, 0.29) is 24.2 Å². The van der Waals surface area contributed by atoms with Gasteiger partial charge < -0.3 is 10.2 Å². The van der Waals surface area contributed by atoms with Crippen molar-refractivity contribution in [2.75, 3.05) is 11.9 Å². The van der Waals surface area contributed by atoms with Crippen LogP contribution in [0.15, 0.2) is 79.0 Å². The second-order valence-corrected chi connectivity index (χ2v) is 6.90. The van der Waals surface area contributed by atoms with Crippen molar-refractivity contribution in [3.63, 3.8) is 0 Å². The number of likely N-dealkylation sites (tertiary alicyclic amines) is 1. The van der Waals surface area contributed by atoms with Gasteiger partial charge in [0.2, 0.25) is 11.8 Å². The van der Waals surface area contributed by atoms with Crippen molar-refractivity contribution in [3.8, 4) is 11.1 Å². The Hall–Kier alpha value is -3.47. The van der Waals surface area contributed by atoms with Crippen molar-refractivity contribution in [1.82, 2.24) is 9.88 Å². The summed E-state index contributed by atoms with van der Waals surface area (Å²) in [6.45, 7) is 0.846. The maximum atomic E-state index is 12.8. The molecule has 2 amide bonds. The third-order valence-corrected chi connectivity index (χ3v) is 4.93. The molecule has 0 radical (unpaired) electrons. The minimum atomic E-state index is -0.361. The van der Waals surface area contributed by atoms with Gasteiger partial charge in [-0.1, -0.05) is 54.6 Å². The van der Waals surface area contributed by atoms with Crippen LogP contribution in [-0.2, 0) is 16.1 Å². The summed E-state index contributed by atoms with van der Waals surface area (Å²) in [5.41, 5.74) is 3.59. The Kier molecular flexibility index (Phi) is 5.15. The summed E-state index contributed by atoms with van der Waals surface area (Å²) in [5.74, 6) is -0.498. The Labute approximate surface area is 164 Å². The minimum absolute atomic E-state index is 0.0119. The molecule has 1 aliphatic heterocycles. The summed E-state index contributed by atoms with van der Waals surface area (Å²) in [7, 11) is 0. The number of nitrogens with zero attached hydrogens (tertiary/aromatic N) is 2. The fourth-order valence-electron chi connectivity index (χ4n) is 3.48. The second-order valence-electron chi connectivity index (χ2n) is 6.90. The highest BCUT2D eigenvalue weighted by atomic mass is 16.2. The Balaban J connectivity index is 1.46. The Bertz CT molecular complexity index is 973. The van der Waals surface area contributed by atoms with Gasteiger partial charge in [0.25, 0.3) is 0 Å². The largest absolute Gasteiger partial charge is 0.336 e. The highest BCUT2D eigenvalue weighted by molar-refractivity contribution is 5.99. The minimum Gasteiger partial charge on any atom is -0.336 e. The zero-order valence-electron chi connectivity index (χ0n) is 15.4. The highest BCUT2D eigenvalue weighted by Crippen LogP contribution is 2.29. The van der Waals surface area contributed by atoms with Crippen LogP contribution >= 0.6 is 0 Å². The van der Waals surface area contributed by atoms with E-state index in [4.69, 9.17) is 0 Å². The van der Waals surface area contributed by atoms with Crippen molar-refractivity contribution in [1.29, 1.82) is 0 Å². The van der Waals surface area contributed by atoms with Gasteiger partial charge in [0.1, 0.15) is 0 Å². The first-order chi connectivity index (χ1) is 13.7. The van der Waals surface area contributed by atoms with Crippen LogP contribution in [-0.4, -0.2) is 28.2 Å². The molecular formula is C23H21N3O2. The first-order valence-corrected chi connectivity index (χ1v) is 9.34. The summed E-state index contributed by atoms with van der Waals surface area (Å²) in [6, 6.07) is 23.3. The highest BCUT2D eigenvalue weighted by Gasteiger charge is 2.34. The summed E-state index contributed by atoms with van der Waals surface area (Å²) in [6.07, 6.45) is 1.94. The van der Waals surface area contributed by atoms with E-state index in [1.165, 1.54) is 0 Å². The molecule has 5 nitrogen and oxygen atoms in total. The maximum Gasteiger partial charge on any atom is 0.229 e. The summed E-state index contributed by atoms with van der Waals surface area (Å²) >= 11 is 0. The number of rotatable bonds is 5. The number of carbonyl (C=O) groups is 2. The first kappa shape index (κ1) is 17.9. The second kappa shape index (κ2) is 8.05. The van der Waals surface area contributed by atoms with Crippen LogP contribution in [0.4, 0.5) is 5.69 Å². The number of hydrogen-bond acceptors (Lipinski definition) is 3. The van der Waals surface area contributed by atoms with Gasteiger partial charge in [-0.15, -0.1) is 0 Å². The van der Waals surface area contributed by atoms with E-state index in [9.17, 15) is 9.59 Å². The van der Waals surface area contributed by atoms with Gasteiger partial charge in [0.05, 0.1) is 18.2 Å². The van der Waals surface area contributed by atoms with Crippen LogP contribution in [0.1, 0.15) is 12.1 Å². The van der Waals surface area contributed by atoms with Gasteiger partial charge >= 0.3 is 0 Å². The molecule has 0 unspecified atom stereocenters. The zero-order chi connectivity index (χ0) is 19.3. The number of para-hydroxylation sites is 1. The lowest BCUT2D eigenvalue weighted by molar-refractivity contribution is -0.128. The summed E-state index contributed by atoms with van der Waals surface area (Å²) in [4.78, 5) is 31.2. The van der Waals surface area contributed by atoms with Gasteiger partial charge in [-0.3, -0.25) is 14.6 Å². The molecule has 0 aliphatic carbocycles. The van der Waals surface area contributed by atoms with E-state index in [0.717, 1.165) is 22.5 Å². The number of hydrogen-bond donors (Lipinski definition) is 1. The SMILES string of the molecule is O=C(Nc1ccccc1-c1ccccc1)[C@H]1CC(=O)N(Cc2ccccn2)C1. The van der Waals surface area contributed by atoms with Crippen molar-refractivity contribution in [3.05, 3.63) is 84.7 Å². The number of amides is 2. The Morgan fingerprint density at radius 2 is 1.75 bits per heavy atom. The van der Waals surface area contributed by atoms with Crippen LogP contribution < -0.4 is 5.32 Å². The van der Waals surface area contributed by atoms with E-state index >= 15 is 0 Å². The molecule has 1 saturated heterocycles. The van der Waals surface area contributed by atoms with Crippen LogP contribution in [0, 0.1) is 5.92 Å². The Morgan fingerprint density at radius 3 is 2.54 bits per heavy atom. The third-order valence-electron chi connectivity index (χ3n) is 4.93. The van der Waals surface area contributed by atoms with Gasteiger partial charge in [-0.25, -0.2) is 0 Å². The van der Waals surface area contributed by atoms with Crippen molar-refractivity contribution < 1.29 is 9.59 Å². The normalized spacial score (nSPS) is 16.2. The van der Waals surface area contributed by atoms with E-state index in [0.29, 0.717) is 13.1 Å². The fourth-order valence-corrected chi connectivity index (χ4v) is 3.48. The van der Waals surface area contributed by atoms with E-state index < -0.39 is 0 Å². The lowest BCUT2D eigenvalue weighted by atomic mass is 10.0. The topological polar surface area (TPSA) is 62.3 Å². The molecule has 0 bridgehead atoms. The fraction of sp³-hybridized carbons (Fsp3) is 0.174. The van der Waals surface area contributed by atoms with Crippen LogP contribution in [0.3, 0.4) is 0 Å². The van der Waals surface area contributed by atoms with Crippen LogP contribution in [0.25, 0.3) is 11.1 Å². The van der Waals surface area contributed by atoms with Gasteiger partial charge in [-0.2, -0.15) is 0 Å². The molecule has 1 N–H and O–H groups in total. The van der Waals surface area contributed by atoms with Gasteiger partial charge in [0, 0.05) is 30.4 Å². The maximum absolute atomic E-state index is 12.8. The molecule has 2 heterocycles. The predicted octanol–water partition coefficient (Wildman–Crippen LogP) is 3.74. The van der Waals surface area contributed by atoms with E-state index in [1.54, 1.807) is 11.1 Å². The molecule has 3 aromatic rings. The molecule has 140 valence electrons. The number of benzene rings is 2. The molecule has 2 aromatic carbocycles. The molecule has 1 aliphatic rings. The number of anilines is 1. The molecule has 0 saturated carbocycles. The lowest BCUT2D eigenvalue weighted by Crippen LogP contribution is -2.28. The number of carbonyl (C=O) groups excluding carboxylic acids is 2. The number of aromatic nitrogens is 1.